The van der Waals surface area contributed by atoms with Crippen molar-refractivity contribution in [3.63, 3.8) is 0 Å². The largest absolute Gasteiger partial charge is 0.465 e. The lowest BCUT2D eigenvalue weighted by atomic mass is 10.2. The van der Waals surface area contributed by atoms with E-state index in [0.717, 1.165) is 5.56 Å². The Kier molecular flexibility index (Phi) is 3.55. The zero-order chi connectivity index (χ0) is 16.5. The van der Waals surface area contributed by atoms with Gasteiger partial charge < -0.3 is 4.42 Å². The van der Waals surface area contributed by atoms with Gasteiger partial charge in [-0.05, 0) is 35.9 Å². The number of hydrogen-bond acceptors (Lipinski definition) is 5. The molecule has 3 aromatic heterocycles. The van der Waals surface area contributed by atoms with E-state index in [1.54, 1.807) is 48.8 Å². The first-order valence-corrected chi connectivity index (χ1v) is 7.89. The lowest BCUT2D eigenvalue weighted by Crippen LogP contribution is -2.23. The summed E-state index contributed by atoms with van der Waals surface area (Å²) in [5.74, 6) is 0.740. The Morgan fingerprint density at radius 2 is 2.00 bits per heavy atom. The molecule has 0 atom stereocenters. The molecule has 0 aliphatic rings. The summed E-state index contributed by atoms with van der Waals surface area (Å²) < 4.78 is 19.9. The standard InChI is InChI=1S/C17H10FN3O2S/c18-12-6-3-11(4-7-12)5-8-15-19-17-21(20-15)16(22)14(24-17)10-13-2-1-9-23-13/h1-10H/b8-5+,14-10-. The maximum Gasteiger partial charge on any atom is 0.291 e. The van der Waals surface area contributed by atoms with Crippen molar-refractivity contribution >= 4 is 34.5 Å². The van der Waals surface area contributed by atoms with Crippen LogP contribution in [0.2, 0.25) is 0 Å². The highest BCUT2D eigenvalue weighted by molar-refractivity contribution is 7.15. The number of aromatic nitrogens is 3. The van der Waals surface area contributed by atoms with Gasteiger partial charge in [0.2, 0.25) is 4.96 Å². The molecular weight excluding hydrogens is 329 g/mol. The van der Waals surface area contributed by atoms with Crippen molar-refractivity contribution in [2.75, 3.05) is 0 Å². The summed E-state index contributed by atoms with van der Waals surface area (Å²) in [7, 11) is 0. The second-order valence-corrected chi connectivity index (χ2v) is 5.99. The lowest BCUT2D eigenvalue weighted by Gasteiger charge is -1.91. The second kappa shape index (κ2) is 5.86. The normalized spacial score (nSPS) is 12.6. The highest BCUT2D eigenvalue weighted by Crippen LogP contribution is 2.09. The van der Waals surface area contributed by atoms with Crippen LogP contribution in [0.1, 0.15) is 17.1 Å². The van der Waals surface area contributed by atoms with Crippen LogP contribution in [0.25, 0.3) is 23.2 Å². The smallest absolute Gasteiger partial charge is 0.291 e. The quantitative estimate of drug-likeness (QED) is 0.576. The van der Waals surface area contributed by atoms with E-state index in [0.29, 0.717) is 21.1 Å². The molecule has 0 N–H and O–H groups in total. The molecule has 0 bridgehead atoms. The number of benzene rings is 1. The fraction of sp³-hybridized carbons (Fsp3) is 0. The number of rotatable bonds is 3. The second-order valence-electron chi connectivity index (χ2n) is 4.98. The molecule has 1 aromatic carbocycles. The zero-order valence-corrected chi connectivity index (χ0v) is 13.0. The molecule has 0 radical (unpaired) electrons. The van der Waals surface area contributed by atoms with Crippen LogP contribution in [0.4, 0.5) is 4.39 Å². The molecule has 0 aliphatic carbocycles. The van der Waals surface area contributed by atoms with Gasteiger partial charge in [0.15, 0.2) is 5.82 Å². The van der Waals surface area contributed by atoms with Gasteiger partial charge in [-0.25, -0.2) is 4.39 Å². The van der Waals surface area contributed by atoms with Crippen molar-refractivity contribution in [2.24, 2.45) is 0 Å². The minimum atomic E-state index is -0.288. The average molecular weight is 339 g/mol. The summed E-state index contributed by atoms with van der Waals surface area (Å²) in [5, 5.41) is 4.19. The third kappa shape index (κ3) is 2.77. The van der Waals surface area contributed by atoms with Gasteiger partial charge in [0.25, 0.3) is 5.56 Å². The molecule has 0 aliphatic heterocycles. The van der Waals surface area contributed by atoms with E-state index < -0.39 is 0 Å². The van der Waals surface area contributed by atoms with Crippen LogP contribution < -0.4 is 10.1 Å². The van der Waals surface area contributed by atoms with Crippen LogP contribution in [0, 0.1) is 5.82 Å². The number of hydrogen-bond donors (Lipinski definition) is 0. The van der Waals surface area contributed by atoms with Crippen molar-refractivity contribution in [2.45, 2.75) is 0 Å². The Bertz CT molecular complexity index is 1130. The van der Waals surface area contributed by atoms with Gasteiger partial charge in [-0.15, -0.1) is 5.10 Å². The van der Waals surface area contributed by atoms with Crippen molar-refractivity contribution in [1.82, 2.24) is 14.6 Å². The maximum absolute atomic E-state index is 12.9. The number of furan rings is 1. The summed E-state index contributed by atoms with van der Waals surface area (Å²) in [4.78, 5) is 17.1. The summed E-state index contributed by atoms with van der Waals surface area (Å²) in [6.07, 6.45) is 6.66. The number of thiazole rings is 1. The Morgan fingerprint density at radius 3 is 2.71 bits per heavy atom. The van der Waals surface area contributed by atoms with Crippen LogP contribution in [0.5, 0.6) is 0 Å². The molecule has 118 valence electrons. The molecule has 0 fully saturated rings. The first-order valence-electron chi connectivity index (χ1n) is 7.07. The minimum Gasteiger partial charge on any atom is -0.465 e. The Balaban J connectivity index is 1.67. The Labute approximate surface area is 139 Å². The van der Waals surface area contributed by atoms with E-state index in [-0.39, 0.29) is 11.4 Å². The van der Waals surface area contributed by atoms with Gasteiger partial charge in [0.1, 0.15) is 16.1 Å². The molecule has 7 heteroatoms. The summed E-state index contributed by atoms with van der Waals surface area (Å²) in [6, 6.07) is 9.59. The Morgan fingerprint density at radius 1 is 1.17 bits per heavy atom. The first-order chi connectivity index (χ1) is 11.7. The molecule has 0 saturated carbocycles. The number of fused-ring (bicyclic) bond motifs is 1. The predicted molar refractivity (Wildman–Crippen MR) is 90.0 cm³/mol. The van der Waals surface area contributed by atoms with Crippen LogP contribution in [-0.4, -0.2) is 14.6 Å². The molecule has 0 saturated heterocycles. The third-order valence-electron chi connectivity index (χ3n) is 3.31. The molecule has 0 spiro atoms. The highest BCUT2D eigenvalue weighted by Gasteiger charge is 2.09. The highest BCUT2D eigenvalue weighted by atomic mass is 32.1. The van der Waals surface area contributed by atoms with Gasteiger partial charge in [-0.3, -0.25) is 4.79 Å². The van der Waals surface area contributed by atoms with E-state index in [1.165, 1.54) is 28.0 Å². The zero-order valence-electron chi connectivity index (χ0n) is 12.2. The third-order valence-corrected chi connectivity index (χ3v) is 4.27. The van der Waals surface area contributed by atoms with Gasteiger partial charge in [-0.2, -0.15) is 9.50 Å². The Hall–Kier alpha value is -3.06. The van der Waals surface area contributed by atoms with Crippen LogP contribution >= 0.6 is 11.3 Å². The number of nitrogens with zero attached hydrogens (tertiary/aromatic N) is 3. The van der Waals surface area contributed by atoms with Gasteiger partial charge in [-0.1, -0.05) is 29.5 Å². The van der Waals surface area contributed by atoms with Gasteiger partial charge >= 0.3 is 0 Å². The first kappa shape index (κ1) is 14.5. The monoisotopic (exact) mass is 339 g/mol. The van der Waals surface area contributed by atoms with Crippen LogP contribution in [0.3, 0.4) is 0 Å². The molecule has 4 rings (SSSR count). The molecule has 4 aromatic rings. The van der Waals surface area contributed by atoms with E-state index in [1.807, 2.05) is 0 Å². The lowest BCUT2D eigenvalue weighted by molar-refractivity contribution is 0.556. The van der Waals surface area contributed by atoms with Crippen molar-refractivity contribution < 1.29 is 8.81 Å². The fourth-order valence-corrected chi connectivity index (χ4v) is 3.06. The van der Waals surface area contributed by atoms with Gasteiger partial charge in [0.05, 0.1) is 6.26 Å². The van der Waals surface area contributed by atoms with Crippen LogP contribution in [-0.2, 0) is 0 Å². The van der Waals surface area contributed by atoms with Crippen molar-refractivity contribution in [1.29, 1.82) is 0 Å². The molecule has 0 amide bonds. The SMILES string of the molecule is O=c1/c(=C/c2ccco2)sc2nc(/C=C/c3ccc(F)cc3)nn12. The number of halogens is 1. The molecular formula is C17H10FN3O2S. The summed E-state index contributed by atoms with van der Waals surface area (Å²) in [6.45, 7) is 0. The van der Waals surface area contributed by atoms with Crippen LogP contribution in [0.15, 0.2) is 51.9 Å². The average Bonchev–Trinajstić information content (AvgIpc) is 3.28. The minimum absolute atomic E-state index is 0.236. The maximum atomic E-state index is 12.9. The molecule has 5 nitrogen and oxygen atoms in total. The van der Waals surface area contributed by atoms with Gasteiger partial charge in [0, 0.05) is 6.08 Å². The van der Waals surface area contributed by atoms with E-state index in [4.69, 9.17) is 4.42 Å². The van der Waals surface area contributed by atoms with Crippen molar-refractivity contribution in [3.05, 3.63) is 80.5 Å². The molecule has 24 heavy (non-hydrogen) atoms. The van der Waals surface area contributed by atoms with Crippen molar-refractivity contribution in [3.8, 4) is 0 Å². The topological polar surface area (TPSA) is 60.4 Å². The molecule has 0 unspecified atom stereocenters. The summed E-state index contributed by atoms with van der Waals surface area (Å²) >= 11 is 1.24. The summed E-state index contributed by atoms with van der Waals surface area (Å²) in [5.41, 5.74) is 0.587. The predicted octanol–water partition coefficient (Wildman–Crippen LogP) is 2.60. The van der Waals surface area contributed by atoms with E-state index in [9.17, 15) is 9.18 Å². The van der Waals surface area contributed by atoms with E-state index in [2.05, 4.69) is 10.1 Å². The van der Waals surface area contributed by atoms with E-state index >= 15 is 0 Å². The fourth-order valence-electron chi connectivity index (χ4n) is 2.17. The molecule has 3 heterocycles.